The van der Waals surface area contributed by atoms with Gasteiger partial charge >= 0.3 is 27.0 Å². The zero-order chi connectivity index (χ0) is 74.3. The average Bonchev–Trinajstić information content (AvgIpc) is 0.775. The van der Waals surface area contributed by atoms with E-state index in [9.17, 15) is 34.6 Å². The highest BCUT2D eigenvalue weighted by molar-refractivity contribution is 8.69. The molecule has 0 N–H and O–H groups in total. The van der Waals surface area contributed by atoms with Gasteiger partial charge in [-0.3, -0.25) is 4.18 Å². The molecule has 0 amide bonds. The van der Waals surface area contributed by atoms with E-state index in [4.69, 9.17) is 44.7 Å². The third-order valence-corrected chi connectivity index (χ3v) is 31.9. The van der Waals surface area contributed by atoms with Gasteiger partial charge in [-0.15, -0.1) is 0 Å². The number of halogens is 6. The predicted molar refractivity (Wildman–Crippen MR) is 430 cm³/mol. The molecule has 24 heteroatoms. The summed E-state index contributed by atoms with van der Waals surface area (Å²) >= 11 is 0.266. The van der Waals surface area contributed by atoms with Crippen LogP contribution in [0.15, 0.2) is 364 Å². The van der Waals surface area contributed by atoms with E-state index in [2.05, 4.69) is 270 Å². The molecule has 0 radical (unpaired) electrons. The highest BCUT2D eigenvalue weighted by atomic mass is 35.8. The summed E-state index contributed by atoms with van der Waals surface area (Å²) in [6.07, 6.45) is 2.92. The van der Waals surface area contributed by atoms with Crippen LogP contribution in [0.1, 0.15) is 0 Å². The number of hydrogen-bond donors (Lipinski definition) is 0. The fourth-order valence-corrected chi connectivity index (χ4v) is 24.8. The highest BCUT2D eigenvalue weighted by Crippen LogP contribution is 2.65. The van der Waals surface area contributed by atoms with Gasteiger partial charge in [0.15, 0.2) is 13.6 Å². The summed E-state index contributed by atoms with van der Waals surface area (Å²) in [5.41, 5.74) is -5.30. The van der Waals surface area contributed by atoms with Crippen molar-refractivity contribution in [3.05, 3.63) is 364 Å². The summed E-state index contributed by atoms with van der Waals surface area (Å²) in [6, 6.07) is 126. The van der Waals surface area contributed by atoms with Crippen molar-refractivity contribution in [3.63, 3.8) is 0 Å². The molecule has 102 heavy (non-hydrogen) atoms. The maximum atomic E-state index is 13.8. The summed E-state index contributed by atoms with van der Waals surface area (Å²) in [5, 5.41) is 23.7. The molecule has 0 fully saturated rings. The first-order valence-corrected chi connectivity index (χ1v) is 47.5. The van der Waals surface area contributed by atoms with E-state index in [1.54, 1.807) is 0 Å². The van der Waals surface area contributed by atoms with Crippen molar-refractivity contribution in [1.29, 1.82) is 0 Å². The lowest BCUT2D eigenvalue weighted by atomic mass is 10.4. The first kappa shape index (κ1) is 85.8. The van der Waals surface area contributed by atoms with Crippen molar-refractivity contribution < 1.29 is 57.7 Å². The Kier molecular flexibility index (Phi) is 37.6. The Labute approximate surface area is 621 Å². The number of alkyl halides is 3. The minimum Gasteiger partial charge on any atom is -0.707 e. The molecule has 0 spiro atoms. The van der Waals surface area contributed by atoms with E-state index in [0.717, 1.165) is 15.9 Å². The van der Waals surface area contributed by atoms with Crippen LogP contribution in [-0.4, -0.2) is 67.2 Å². The van der Waals surface area contributed by atoms with Crippen molar-refractivity contribution in [3.8, 4) is 0 Å². The van der Waals surface area contributed by atoms with Crippen LogP contribution in [-0.2, 0) is 42.6 Å². The maximum absolute atomic E-state index is 13.8. The van der Waals surface area contributed by atoms with E-state index in [-0.39, 0.29) is 0 Å². The van der Waals surface area contributed by atoms with Gasteiger partial charge in [0.25, 0.3) is 10.1 Å². The van der Waals surface area contributed by atoms with Crippen LogP contribution in [0.4, 0.5) is 13.2 Å². The average molecular weight is 1580 g/mol. The molecule has 10 nitrogen and oxygen atoms in total. The van der Waals surface area contributed by atoms with Crippen molar-refractivity contribution in [2.24, 2.45) is 0 Å². The predicted octanol–water partition coefficient (Wildman–Crippen LogP) is 14.8. The minimum absolute atomic E-state index is 0.446. The monoisotopic (exact) mass is 1580 g/mol. The summed E-state index contributed by atoms with van der Waals surface area (Å²) in [6.45, 7) is 0.383. The molecule has 0 aliphatic carbocycles. The van der Waals surface area contributed by atoms with Gasteiger partial charge < -0.3 is 19.0 Å². The standard InChI is InChI=1S/C19H18OP.C19H18PS.C18H15OP.C18H15P.C2H3F3O3S.CH4O4S.CH2O.Al.3ClH/c1-20-21(17-11-5-2-6-12-17,18-13-7-3-8-14-18)19-15-9-4-10-16-19;1-21-20(17-11-5-2-6-12-17,18-13-7-3-8-14-18)19-15-9-4-10-16-19;19-20(16-10-4-1-5-11-16,17-12-6-2-7-13-17)18-14-8-3-9-15-18;1-4-10-16(11-5-1)19(17-12-6-2-7-13-17)18-14-8-3-9-15-18;1-8-9(6,7)2(3,4)5;1-6(3,4)5-2;1-2;;;;/h2*2-16H,1H3;1-15H;1-15H;1H3;2H,1H3;1H2;;3*1H/q2*+1;;;;;;+3;;;/p-4. The quantitative estimate of drug-likeness (QED) is 0.0227. The molecule has 528 valence electrons. The zero-order valence-corrected chi connectivity index (χ0v) is 65.2. The third kappa shape index (κ3) is 25.5. The van der Waals surface area contributed by atoms with Gasteiger partial charge in [0.05, 0.1) is 20.5 Å². The molecular formula is C78H74AlCl3F3O10P4S3+. The first-order chi connectivity index (χ1) is 49.1. The van der Waals surface area contributed by atoms with Crippen LogP contribution in [0.3, 0.4) is 0 Å². The maximum Gasteiger partial charge on any atom is 0.643 e. The molecule has 0 saturated carbocycles. The number of carbonyl (C=O) groups is 1. The van der Waals surface area contributed by atoms with Crippen LogP contribution in [0.25, 0.3) is 0 Å². The van der Waals surface area contributed by atoms with E-state index >= 15 is 0 Å². The van der Waals surface area contributed by atoms with Crippen LogP contribution >= 0.6 is 70.5 Å². The molecule has 0 aliphatic rings. The zero-order valence-electron chi connectivity index (χ0n) is 55.8. The number of rotatable bonds is 16. The molecule has 0 atom stereocenters. The van der Waals surface area contributed by atoms with Crippen molar-refractivity contribution in [1.82, 2.24) is 0 Å². The third-order valence-electron chi connectivity index (χ3n) is 14.3. The fraction of sp³-hybridized carbons (Fsp3) is 0.0641. The Balaban J connectivity index is 0.000000224. The van der Waals surface area contributed by atoms with E-state index < -0.39 is 66.1 Å². The Bertz CT molecular complexity index is 4020. The Hall–Kier alpha value is -6.89. The van der Waals surface area contributed by atoms with Crippen LogP contribution in [0.2, 0.25) is 0 Å². The molecule has 12 aromatic carbocycles. The molecule has 12 aromatic rings. The van der Waals surface area contributed by atoms with Crippen LogP contribution in [0.5, 0.6) is 0 Å². The number of carbonyl (C=O) groups excluding carboxylic acids is 1. The molecule has 0 aromatic heterocycles. The summed E-state index contributed by atoms with van der Waals surface area (Å²) in [7, 11) is 2.79. The lowest BCUT2D eigenvalue weighted by Gasteiger charge is -2.24. The fourth-order valence-electron chi connectivity index (χ4n) is 9.99. The molecule has 0 bridgehead atoms. The summed E-state index contributed by atoms with van der Waals surface area (Å²) in [5.74, 6) is 0. The Morgan fingerprint density at radius 3 is 0.755 bits per heavy atom. The van der Waals surface area contributed by atoms with Crippen molar-refractivity contribution in [2.75, 3.05) is 26.7 Å². The van der Waals surface area contributed by atoms with E-state index in [1.807, 2.05) is 134 Å². The van der Waals surface area contributed by atoms with Gasteiger partial charge in [-0.2, -0.15) is 21.6 Å². The minimum atomic E-state index is -5.34. The van der Waals surface area contributed by atoms with Gasteiger partial charge in [-0.05, 0) is 96.6 Å². The first-order valence-electron chi connectivity index (χ1n) is 30.7. The Morgan fingerprint density at radius 1 is 0.412 bits per heavy atom. The molecule has 0 unspecified atom stereocenters. The smallest absolute Gasteiger partial charge is 0.643 e. The van der Waals surface area contributed by atoms with Crippen LogP contribution < -0.4 is 68.9 Å². The van der Waals surface area contributed by atoms with Gasteiger partial charge in [-0.1, -0.05) is 291 Å². The molecule has 0 heterocycles. The van der Waals surface area contributed by atoms with Gasteiger partial charge in [0.1, 0.15) is 38.6 Å². The topological polar surface area (TPSA) is 153 Å². The molecule has 12 rings (SSSR count). The van der Waals surface area contributed by atoms with E-state index in [1.165, 1.54) is 47.7 Å². The lowest BCUT2D eigenvalue weighted by molar-refractivity contribution is -0.634. The molecule has 0 aliphatic heterocycles. The molecular weight excluding hydrogens is 1510 g/mol. The number of hydrogen-bond acceptors (Lipinski definition) is 11. The van der Waals surface area contributed by atoms with E-state index in [0.29, 0.717) is 13.4 Å². The normalized spacial score (nSPS) is 11.0. The SMILES string of the molecule is C=O.COS(=O)(=O)C(F)(F)F.CO[P+](c1ccccc1)(c1ccccc1)c1ccccc1.CS(=O)(=O)O[O-].CS[P+](c1ccccc1)(c1ccccc1)c1ccccc1.O=P(c1ccccc1)(c1ccccc1)c1ccccc1.[Cl][Al]([Cl])[Cl].c1ccc(P(c2ccccc2)c2ccccc2)cc1. The van der Waals surface area contributed by atoms with Gasteiger partial charge in [0, 0.05) is 33.6 Å². The summed E-state index contributed by atoms with van der Waals surface area (Å²) < 4.78 is 97.5. The summed E-state index contributed by atoms with van der Waals surface area (Å²) in [4.78, 5) is 8.00. The van der Waals surface area contributed by atoms with Gasteiger partial charge in [-0.25, -0.2) is 43.1 Å². The molecule has 0 saturated heterocycles. The van der Waals surface area contributed by atoms with Crippen molar-refractivity contribution in [2.45, 2.75) is 5.51 Å². The highest BCUT2D eigenvalue weighted by Gasteiger charge is 2.48. The second-order valence-electron chi connectivity index (χ2n) is 20.6. The Morgan fingerprint density at radius 2 is 0.598 bits per heavy atom. The van der Waals surface area contributed by atoms with Crippen LogP contribution in [0, 0.1) is 0 Å². The van der Waals surface area contributed by atoms with Crippen molar-refractivity contribution >= 4 is 173 Å². The second kappa shape index (κ2) is 44.7. The lowest BCUT2D eigenvalue weighted by Crippen LogP contribution is -2.32. The van der Waals surface area contributed by atoms with Gasteiger partial charge in [0.2, 0.25) is 7.49 Å². The number of benzene rings is 12. The second-order valence-corrected chi connectivity index (χ2v) is 44.3. The largest absolute Gasteiger partial charge is 0.707 e.